The number of amides is 1. The number of halogens is 1. The monoisotopic (exact) mass is 350 g/mol. The van der Waals surface area contributed by atoms with Crippen LogP contribution in [-0.4, -0.2) is 16.6 Å². The van der Waals surface area contributed by atoms with Crippen LogP contribution in [-0.2, 0) is 4.79 Å². The van der Waals surface area contributed by atoms with Gasteiger partial charge in [-0.25, -0.2) is 4.98 Å². The molecule has 1 aromatic carbocycles. The molecule has 1 heterocycles. The molecule has 3 nitrogen and oxygen atoms in total. The number of rotatable bonds is 5. The van der Waals surface area contributed by atoms with Crippen LogP contribution in [0, 0.1) is 6.92 Å². The van der Waals surface area contributed by atoms with Gasteiger partial charge in [-0.2, -0.15) is 0 Å². The topological polar surface area (TPSA) is 42.0 Å². The molecule has 0 atom stereocenters. The van der Waals surface area contributed by atoms with Crippen molar-refractivity contribution in [2.24, 2.45) is 0 Å². The lowest BCUT2D eigenvalue weighted by atomic mass is 10.3. The van der Waals surface area contributed by atoms with E-state index in [1.54, 1.807) is 18.0 Å². The fraction of sp³-hybridized carbons (Fsp3) is 0.200. The minimum Gasteiger partial charge on any atom is -0.311 e. The Morgan fingerprint density at radius 1 is 1.35 bits per heavy atom. The summed E-state index contributed by atoms with van der Waals surface area (Å²) < 4.78 is 1.06. The smallest absolute Gasteiger partial charge is 0.226 e. The van der Waals surface area contributed by atoms with Crippen molar-refractivity contribution in [3.63, 3.8) is 0 Å². The molecule has 0 fully saturated rings. The second kappa shape index (κ2) is 7.45. The molecule has 5 heteroatoms. The van der Waals surface area contributed by atoms with Crippen molar-refractivity contribution in [2.45, 2.75) is 18.2 Å². The molecule has 0 saturated heterocycles. The molecular weight excluding hydrogens is 336 g/mol. The van der Waals surface area contributed by atoms with Crippen molar-refractivity contribution in [3.05, 3.63) is 52.6 Å². The third-order valence-corrected chi connectivity index (χ3v) is 4.64. The number of pyridine rings is 1. The standard InChI is InChI=1S/C15H15BrN2OS/c1-11-6-8-17-14(10-11)18-15(19)7-9-20-13-5-3-2-4-12(13)16/h2-6,8,10H,7,9H2,1H3,(H,17,18,19). The molecule has 104 valence electrons. The number of nitrogens with one attached hydrogen (secondary N) is 1. The third kappa shape index (κ3) is 4.65. The average Bonchev–Trinajstić information content (AvgIpc) is 2.41. The van der Waals surface area contributed by atoms with Gasteiger partial charge in [0.25, 0.3) is 0 Å². The Bertz CT molecular complexity index is 604. The Hall–Kier alpha value is -1.33. The van der Waals surface area contributed by atoms with Crippen molar-refractivity contribution in [1.82, 2.24) is 4.98 Å². The molecule has 0 aliphatic carbocycles. The number of aromatic nitrogens is 1. The molecule has 0 aliphatic heterocycles. The van der Waals surface area contributed by atoms with E-state index < -0.39 is 0 Å². The fourth-order valence-corrected chi connectivity index (χ4v) is 3.14. The van der Waals surface area contributed by atoms with E-state index in [1.165, 1.54) is 0 Å². The molecule has 2 rings (SSSR count). The minimum absolute atomic E-state index is 0.0114. The summed E-state index contributed by atoms with van der Waals surface area (Å²) in [5, 5.41) is 2.81. The summed E-state index contributed by atoms with van der Waals surface area (Å²) in [4.78, 5) is 17.1. The summed E-state index contributed by atoms with van der Waals surface area (Å²) in [6.45, 7) is 1.97. The Labute approximate surface area is 131 Å². The van der Waals surface area contributed by atoms with Crippen molar-refractivity contribution in [1.29, 1.82) is 0 Å². The molecule has 0 saturated carbocycles. The molecule has 20 heavy (non-hydrogen) atoms. The number of thioether (sulfide) groups is 1. The molecular formula is C15H15BrN2OS. The number of benzene rings is 1. The van der Waals surface area contributed by atoms with E-state index in [0.717, 1.165) is 20.7 Å². The molecule has 0 spiro atoms. The maximum absolute atomic E-state index is 11.8. The predicted molar refractivity (Wildman–Crippen MR) is 87.1 cm³/mol. The van der Waals surface area contributed by atoms with Crippen LogP contribution in [0.1, 0.15) is 12.0 Å². The van der Waals surface area contributed by atoms with Crippen LogP contribution in [0.25, 0.3) is 0 Å². The zero-order valence-electron chi connectivity index (χ0n) is 11.1. The summed E-state index contributed by atoms with van der Waals surface area (Å²) in [6, 6.07) is 11.8. The molecule has 1 amide bonds. The summed E-state index contributed by atoms with van der Waals surface area (Å²) in [7, 11) is 0. The number of nitrogens with zero attached hydrogens (tertiary/aromatic N) is 1. The van der Waals surface area contributed by atoms with Crippen molar-refractivity contribution in [2.75, 3.05) is 11.1 Å². The van der Waals surface area contributed by atoms with Gasteiger partial charge in [0, 0.05) is 27.7 Å². The number of hydrogen-bond acceptors (Lipinski definition) is 3. The van der Waals surface area contributed by atoms with Gasteiger partial charge in [-0.1, -0.05) is 12.1 Å². The minimum atomic E-state index is -0.0114. The van der Waals surface area contributed by atoms with E-state index in [9.17, 15) is 4.79 Å². The third-order valence-electron chi connectivity index (χ3n) is 2.61. The summed E-state index contributed by atoms with van der Waals surface area (Å²) in [6.07, 6.45) is 2.16. The van der Waals surface area contributed by atoms with E-state index in [4.69, 9.17) is 0 Å². The van der Waals surface area contributed by atoms with Crippen molar-refractivity contribution < 1.29 is 4.79 Å². The zero-order valence-corrected chi connectivity index (χ0v) is 13.5. The first-order valence-electron chi connectivity index (χ1n) is 6.25. The first kappa shape index (κ1) is 15.1. The van der Waals surface area contributed by atoms with Gasteiger partial charge in [0.2, 0.25) is 5.91 Å². The van der Waals surface area contributed by atoms with Crippen LogP contribution >= 0.6 is 27.7 Å². The molecule has 0 unspecified atom stereocenters. The Morgan fingerprint density at radius 2 is 2.15 bits per heavy atom. The highest BCUT2D eigenvalue weighted by Crippen LogP contribution is 2.27. The summed E-state index contributed by atoms with van der Waals surface area (Å²) in [5.41, 5.74) is 1.08. The van der Waals surface area contributed by atoms with Crippen molar-refractivity contribution in [3.8, 4) is 0 Å². The highest BCUT2D eigenvalue weighted by molar-refractivity contribution is 9.10. The largest absolute Gasteiger partial charge is 0.311 e. The van der Waals surface area contributed by atoms with E-state index in [1.807, 2.05) is 43.3 Å². The number of aryl methyl sites for hydroxylation is 1. The molecule has 2 aromatic rings. The van der Waals surface area contributed by atoms with Gasteiger partial charge < -0.3 is 5.32 Å². The summed E-state index contributed by atoms with van der Waals surface area (Å²) in [5.74, 6) is 1.34. The molecule has 0 radical (unpaired) electrons. The van der Waals surface area contributed by atoms with Crippen LogP contribution in [0.2, 0.25) is 0 Å². The van der Waals surface area contributed by atoms with Gasteiger partial charge in [-0.15, -0.1) is 11.8 Å². The highest BCUT2D eigenvalue weighted by Gasteiger charge is 2.05. The Kier molecular flexibility index (Phi) is 5.61. The maximum Gasteiger partial charge on any atom is 0.226 e. The molecule has 1 N–H and O–H groups in total. The zero-order chi connectivity index (χ0) is 14.4. The van der Waals surface area contributed by atoms with Gasteiger partial charge in [-0.05, 0) is 52.7 Å². The first-order valence-corrected chi connectivity index (χ1v) is 8.03. The lowest BCUT2D eigenvalue weighted by molar-refractivity contribution is -0.115. The second-order valence-electron chi connectivity index (χ2n) is 4.30. The molecule has 1 aromatic heterocycles. The van der Waals surface area contributed by atoms with Crippen LogP contribution in [0.3, 0.4) is 0 Å². The lowest BCUT2D eigenvalue weighted by Crippen LogP contribution is -2.13. The van der Waals surface area contributed by atoms with E-state index in [2.05, 4.69) is 26.2 Å². The number of hydrogen-bond donors (Lipinski definition) is 1. The number of carbonyl (C=O) groups excluding carboxylic acids is 1. The van der Waals surface area contributed by atoms with Crippen LogP contribution in [0.4, 0.5) is 5.82 Å². The lowest BCUT2D eigenvalue weighted by Gasteiger charge is -2.06. The van der Waals surface area contributed by atoms with E-state index >= 15 is 0 Å². The summed E-state index contributed by atoms with van der Waals surface area (Å²) >= 11 is 5.15. The van der Waals surface area contributed by atoms with Gasteiger partial charge in [0.15, 0.2) is 0 Å². The number of anilines is 1. The van der Waals surface area contributed by atoms with Crippen LogP contribution in [0.5, 0.6) is 0 Å². The predicted octanol–water partition coefficient (Wildman–Crippen LogP) is 4.27. The second-order valence-corrected chi connectivity index (χ2v) is 6.29. The quantitative estimate of drug-likeness (QED) is 0.818. The van der Waals surface area contributed by atoms with Crippen molar-refractivity contribution >= 4 is 39.4 Å². The SMILES string of the molecule is Cc1ccnc(NC(=O)CCSc2ccccc2Br)c1. The van der Waals surface area contributed by atoms with E-state index in [-0.39, 0.29) is 5.91 Å². The Balaban J connectivity index is 1.80. The Morgan fingerprint density at radius 3 is 2.90 bits per heavy atom. The van der Waals surface area contributed by atoms with E-state index in [0.29, 0.717) is 12.2 Å². The highest BCUT2D eigenvalue weighted by atomic mass is 79.9. The van der Waals surface area contributed by atoms with Crippen LogP contribution < -0.4 is 5.32 Å². The molecule has 0 bridgehead atoms. The van der Waals surface area contributed by atoms with Gasteiger partial charge in [0.05, 0.1) is 0 Å². The molecule has 0 aliphatic rings. The van der Waals surface area contributed by atoms with Gasteiger partial charge >= 0.3 is 0 Å². The first-order chi connectivity index (χ1) is 9.65. The fourth-order valence-electron chi connectivity index (χ4n) is 1.63. The average molecular weight is 351 g/mol. The normalized spacial score (nSPS) is 10.3. The maximum atomic E-state index is 11.8. The van der Waals surface area contributed by atoms with Gasteiger partial charge in [-0.3, -0.25) is 4.79 Å². The van der Waals surface area contributed by atoms with Gasteiger partial charge in [0.1, 0.15) is 5.82 Å². The number of carbonyl (C=O) groups is 1. The van der Waals surface area contributed by atoms with Crippen LogP contribution in [0.15, 0.2) is 52.0 Å².